The third-order valence-corrected chi connectivity index (χ3v) is 6.62. The Bertz CT molecular complexity index is 1040. The highest BCUT2D eigenvalue weighted by Crippen LogP contribution is 2.41. The van der Waals surface area contributed by atoms with Crippen LogP contribution in [0, 0.1) is 5.82 Å². The van der Waals surface area contributed by atoms with E-state index in [-0.39, 0.29) is 11.1 Å². The average Bonchev–Trinajstić information content (AvgIpc) is 3.17. The minimum Gasteiger partial charge on any atom is -0.396 e. The predicted molar refractivity (Wildman–Crippen MR) is 121 cm³/mol. The molecule has 4 rings (SSSR count). The molecule has 0 radical (unpaired) electrons. The predicted octanol–water partition coefficient (Wildman–Crippen LogP) is 4.45. The van der Waals surface area contributed by atoms with Crippen molar-refractivity contribution >= 4 is 23.0 Å². The van der Waals surface area contributed by atoms with Crippen LogP contribution >= 0.6 is 11.3 Å². The van der Waals surface area contributed by atoms with Gasteiger partial charge in [0.05, 0.1) is 27.0 Å². The number of piperidine rings is 1. The lowest BCUT2D eigenvalue weighted by atomic mass is 9.98. The van der Waals surface area contributed by atoms with Gasteiger partial charge in [-0.05, 0) is 44.1 Å². The van der Waals surface area contributed by atoms with Gasteiger partial charge < -0.3 is 16.4 Å². The Balaban J connectivity index is 1.77. The Morgan fingerprint density at radius 2 is 1.93 bits per heavy atom. The molecule has 8 heteroatoms. The van der Waals surface area contributed by atoms with E-state index in [1.54, 1.807) is 24.4 Å². The Morgan fingerprint density at radius 1 is 1.17 bits per heavy atom. The highest BCUT2D eigenvalue weighted by molar-refractivity contribution is 7.15. The molecule has 3 aromatic rings. The van der Waals surface area contributed by atoms with Crippen LogP contribution in [0.25, 0.3) is 21.8 Å². The van der Waals surface area contributed by atoms with Crippen LogP contribution in [-0.2, 0) is 5.41 Å². The number of benzene rings is 1. The SMILES string of the molecule is CC(C)(C)c1nc(-c2cccc(N)c2F)c(-c2ccnc(NC3CCNCC3)n2)s1. The molecule has 1 aliphatic heterocycles. The topological polar surface area (TPSA) is 88.8 Å². The summed E-state index contributed by atoms with van der Waals surface area (Å²) in [6, 6.07) is 7.21. The molecular weight excluding hydrogens is 399 g/mol. The van der Waals surface area contributed by atoms with Gasteiger partial charge in [0.2, 0.25) is 5.95 Å². The van der Waals surface area contributed by atoms with Crippen LogP contribution in [-0.4, -0.2) is 34.1 Å². The molecule has 158 valence electrons. The molecule has 3 heterocycles. The van der Waals surface area contributed by atoms with Gasteiger partial charge in [-0.25, -0.2) is 19.3 Å². The van der Waals surface area contributed by atoms with Crippen LogP contribution in [0.4, 0.5) is 16.0 Å². The van der Waals surface area contributed by atoms with E-state index in [0.29, 0.717) is 23.2 Å². The first-order valence-corrected chi connectivity index (χ1v) is 11.0. The third kappa shape index (κ3) is 4.29. The molecule has 0 saturated carbocycles. The highest BCUT2D eigenvalue weighted by Gasteiger charge is 2.26. The number of hydrogen-bond acceptors (Lipinski definition) is 7. The molecule has 1 fully saturated rings. The monoisotopic (exact) mass is 426 g/mol. The molecule has 0 unspecified atom stereocenters. The summed E-state index contributed by atoms with van der Waals surface area (Å²) < 4.78 is 14.9. The smallest absolute Gasteiger partial charge is 0.223 e. The van der Waals surface area contributed by atoms with E-state index in [1.165, 1.54) is 11.3 Å². The maximum absolute atomic E-state index is 14.9. The lowest BCUT2D eigenvalue weighted by Gasteiger charge is -2.23. The number of halogens is 1. The van der Waals surface area contributed by atoms with Crippen LogP contribution in [0.2, 0.25) is 0 Å². The summed E-state index contributed by atoms with van der Waals surface area (Å²) in [7, 11) is 0. The molecule has 0 atom stereocenters. The maximum Gasteiger partial charge on any atom is 0.223 e. The summed E-state index contributed by atoms with van der Waals surface area (Å²) in [4.78, 5) is 14.8. The van der Waals surface area contributed by atoms with Crippen LogP contribution in [0.1, 0.15) is 38.6 Å². The largest absolute Gasteiger partial charge is 0.396 e. The van der Waals surface area contributed by atoms with Crippen LogP contribution in [0.5, 0.6) is 0 Å². The lowest BCUT2D eigenvalue weighted by Crippen LogP contribution is -2.35. The zero-order valence-corrected chi connectivity index (χ0v) is 18.3. The minimum atomic E-state index is -0.452. The molecular formula is C22H27FN6S. The van der Waals surface area contributed by atoms with Crippen LogP contribution in [0.15, 0.2) is 30.5 Å². The molecule has 0 spiro atoms. The highest BCUT2D eigenvalue weighted by atomic mass is 32.1. The number of nitrogens with one attached hydrogen (secondary N) is 2. The van der Waals surface area contributed by atoms with Gasteiger partial charge in [-0.15, -0.1) is 11.3 Å². The van der Waals surface area contributed by atoms with Gasteiger partial charge in [0, 0.05) is 23.2 Å². The molecule has 1 aliphatic rings. The maximum atomic E-state index is 14.9. The second-order valence-electron chi connectivity index (χ2n) is 8.59. The number of nitrogens with two attached hydrogens (primary N) is 1. The van der Waals surface area contributed by atoms with E-state index in [9.17, 15) is 4.39 Å². The summed E-state index contributed by atoms with van der Waals surface area (Å²) in [5.41, 5.74) is 7.46. The van der Waals surface area contributed by atoms with Gasteiger partial charge >= 0.3 is 0 Å². The summed E-state index contributed by atoms with van der Waals surface area (Å²) in [6.45, 7) is 8.26. The Labute approximate surface area is 180 Å². The fourth-order valence-electron chi connectivity index (χ4n) is 3.43. The number of hydrogen-bond donors (Lipinski definition) is 3. The van der Waals surface area contributed by atoms with Gasteiger partial charge in [-0.3, -0.25) is 0 Å². The van der Waals surface area contributed by atoms with E-state index in [4.69, 9.17) is 15.7 Å². The van der Waals surface area contributed by atoms with Crippen molar-refractivity contribution in [3.8, 4) is 21.8 Å². The summed E-state index contributed by atoms with van der Waals surface area (Å²) in [5, 5.41) is 7.71. The van der Waals surface area contributed by atoms with Crippen molar-refractivity contribution in [2.45, 2.75) is 45.1 Å². The second kappa shape index (κ2) is 8.28. The average molecular weight is 427 g/mol. The number of nitrogens with zero attached hydrogens (tertiary/aromatic N) is 3. The number of anilines is 2. The van der Waals surface area contributed by atoms with Crippen molar-refractivity contribution in [2.24, 2.45) is 0 Å². The van der Waals surface area contributed by atoms with Gasteiger partial charge in [0.25, 0.3) is 0 Å². The number of rotatable bonds is 4. The van der Waals surface area contributed by atoms with Crippen molar-refractivity contribution < 1.29 is 4.39 Å². The molecule has 30 heavy (non-hydrogen) atoms. The van der Waals surface area contributed by atoms with Crippen molar-refractivity contribution in [1.82, 2.24) is 20.3 Å². The standard InChI is InChI=1S/C22H27FN6S/c1-22(2,3)20-29-18(14-5-4-6-15(24)17(14)23)19(30-20)16-9-12-26-21(28-16)27-13-7-10-25-11-8-13/h4-6,9,12-13,25H,7-8,10-11,24H2,1-3H3,(H,26,27,28). The zero-order chi connectivity index (χ0) is 21.3. The van der Waals surface area contributed by atoms with E-state index in [0.717, 1.165) is 41.5 Å². The number of thiazole rings is 1. The molecule has 0 amide bonds. The van der Waals surface area contributed by atoms with Crippen LogP contribution in [0.3, 0.4) is 0 Å². The Kier molecular flexibility index (Phi) is 5.71. The van der Waals surface area contributed by atoms with E-state index < -0.39 is 5.82 Å². The normalized spacial score (nSPS) is 15.3. The first kappa shape index (κ1) is 20.7. The van der Waals surface area contributed by atoms with Gasteiger partial charge in [0.15, 0.2) is 5.82 Å². The third-order valence-electron chi connectivity index (χ3n) is 5.11. The second-order valence-corrected chi connectivity index (χ2v) is 9.59. The molecule has 0 bridgehead atoms. The van der Waals surface area contributed by atoms with Gasteiger partial charge in [-0.1, -0.05) is 26.8 Å². The Hall–Kier alpha value is -2.58. The minimum absolute atomic E-state index is 0.111. The fourth-order valence-corrected chi connectivity index (χ4v) is 4.54. The van der Waals surface area contributed by atoms with Crippen molar-refractivity contribution in [2.75, 3.05) is 24.1 Å². The zero-order valence-electron chi connectivity index (χ0n) is 17.5. The molecule has 6 nitrogen and oxygen atoms in total. The van der Waals surface area contributed by atoms with Crippen LogP contribution < -0.4 is 16.4 Å². The molecule has 1 aromatic carbocycles. The molecule has 1 saturated heterocycles. The van der Waals surface area contributed by atoms with Crippen molar-refractivity contribution in [3.05, 3.63) is 41.3 Å². The number of nitrogen functional groups attached to an aromatic ring is 1. The quantitative estimate of drug-likeness (QED) is 0.534. The fraction of sp³-hybridized carbons (Fsp3) is 0.409. The summed E-state index contributed by atoms with van der Waals surface area (Å²) in [6.07, 6.45) is 3.80. The Morgan fingerprint density at radius 3 is 2.67 bits per heavy atom. The van der Waals surface area contributed by atoms with E-state index in [1.807, 2.05) is 6.07 Å². The molecule has 4 N–H and O–H groups in total. The lowest BCUT2D eigenvalue weighted by molar-refractivity contribution is 0.477. The van der Waals surface area contributed by atoms with Crippen molar-refractivity contribution in [3.63, 3.8) is 0 Å². The first-order chi connectivity index (χ1) is 14.3. The van der Waals surface area contributed by atoms with E-state index in [2.05, 4.69) is 36.4 Å². The van der Waals surface area contributed by atoms with Gasteiger partial charge in [-0.2, -0.15) is 0 Å². The number of aromatic nitrogens is 3. The van der Waals surface area contributed by atoms with E-state index >= 15 is 0 Å². The molecule has 0 aliphatic carbocycles. The first-order valence-electron chi connectivity index (χ1n) is 10.2. The summed E-state index contributed by atoms with van der Waals surface area (Å²) in [5.74, 6) is 0.135. The van der Waals surface area contributed by atoms with Crippen molar-refractivity contribution in [1.29, 1.82) is 0 Å². The summed E-state index contributed by atoms with van der Waals surface area (Å²) >= 11 is 1.54. The molecule has 2 aromatic heterocycles. The van der Waals surface area contributed by atoms with Gasteiger partial charge in [0.1, 0.15) is 0 Å².